The number of rotatable bonds is 5. The van der Waals surface area contributed by atoms with E-state index in [9.17, 15) is 19.6 Å². The first-order valence-electron chi connectivity index (χ1n) is 13.2. The zero-order valence-corrected chi connectivity index (χ0v) is 20.7. The molecule has 3 fully saturated rings. The Balaban J connectivity index is 1.12. The van der Waals surface area contributed by atoms with Crippen LogP contribution in [0.15, 0.2) is 42.5 Å². The van der Waals surface area contributed by atoms with E-state index in [1.807, 2.05) is 30.3 Å². The van der Waals surface area contributed by atoms with Gasteiger partial charge in [-0.3, -0.25) is 24.6 Å². The maximum atomic E-state index is 13.0. The second kappa shape index (κ2) is 9.64. The summed E-state index contributed by atoms with van der Waals surface area (Å²) in [5, 5.41) is 11.8. The number of nitriles is 1. The molecule has 2 aromatic carbocycles. The molecular formula is C29H30N4O4. The Morgan fingerprint density at radius 1 is 1.00 bits per heavy atom. The van der Waals surface area contributed by atoms with E-state index in [0.717, 1.165) is 54.8 Å². The molecule has 3 aliphatic heterocycles. The summed E-state index contributed by atoms with van der Waals surface area (Å²) in [6, 6.07) is 15.5. The molecule has 0 aromatic heterocycles. The number of fused-ring (bicyclic) bond motifs is 1. The van der Waals surface area contributed by atoms with Gasteiger partial charge < -0.3 is 9.64 Å². The molecule has 1 N–H and O–H groups in total. The van der Waals surface area contributed by atoms with Gasteiger partial charge in [-0.15, -0.1) is 0 Å². The lowest BCUT2D eigenvalue weighted by Gasteiger charge is -2.48. The minimum atomic E-state index is -0.616. The van der Waals surface area contributed by atoms with Gasteiger partial charge in [0.2, 0.25) is 11.8 Å². The van der Waals surface area contributed by atoms with E-state index >= 15 is 0 Å². The lowest BCUT2D eigenvalue weighted by atomic mass is 9.83. The number of carbonyl (C=O) groups is 3. The molecule has 1 unspecified atom stereocenters. The van der Waals surface area contributed by atoms with Crippen LogP contribution in [0.4, 0.5) is 0 Å². The zero-order valence-electron chi connectivity index (χ0n) is 20.7. The van der Waals surface area contributed by atoms with Crippen LogP contribution in [0.25, 0.3) is 0 Å². The molecule has 2 saturated heterocycles. The third-order valence-corrected chi connectivity index (χ3v) is 8.35. The molecule has 190 valence electrons. The van der Waals surface area contributed by atoms with Crippen LogP contribution in [0, 0.1) is 11.3 Å². The van der Waals surface area contributed by atoms with Crippen LogP contribution in [0.3, 0.4) is 0 Å². The quantitative estimate of drug-likeness (QED) is 0.636. The Labute approximate surface area is 216 Å². The highest BCUT2D eigenvalue weighted by molar-refractivity contribution is 6.05. The molecule has 3 amide bonds. The zero-order chi connectivity index (χ0) is 25.5. The van der Waals surface area contributed by atoms with Gasteiger partial charge in [-0.1, -0.05) is 24.6 Å². The number of imide groups is 1. The first-order chi connectivity index (χ1) is 18.0. The fraction of sp³-hybridized carbons (Fsp3) is 0.448. The van der Waals surface area contributed by atoms with Crippen molar-refractivity contribution in [2.75, 3.05) is 13.1 Å². The molecule has 0 bridgehead atoms. The lowest BCUT2D eigenvalue weighted by Crippen LogP contribution is -2.57. The summed E-state index contributed by atoms with van der Waals surface area (Å²) in [5.74, 6) is 0.272. The number of nitrogens with zero attached hydrogens (tertiary/aromatic N) is 3. The number of piperidine rings is 1. The monoisotopic (exact) mass is 498 g/mol. The van der Waals surface area contributed by atoms with Crippen LogP contribution < -0.4 is 10.1 Å². The van der Waals surface area contributed by atoms with Crippen LogP contribution in [0.2, 0.25) is 0 Å². The highest BCUT2D eigenvalue weighted by Crippen LogP contribution is 2.37. The van der Waals surface area contributed by atoms with Crippen molar-refractivity contribution >= 4 is 17.7 Å². The largest absolute Gasteiger partial charge is 0.489 e. The molecule has 37 heavy (non-hydrogen) atoms. The average Bonchev–Trinajstić information content (AvgIpc) is 3.20. The van der Waals surface area contributed by atoms with Gasteiger partial charge >= 0.3 is 0 Å². The summed E-state index contributed by atoms with van der Waals surface area (Å²) in [6.45, 7) is 2.21. The van der Waals surface area contributed by atoms with E-state index in [4.69, 9.17) is 4.74 Å². The van der Waals surface area contributed by atoms with Gasteiger partial charge in [-0.25, -0.2) is 0 Å². The molecule has 0 radical (unpaired) electrons. The van der Waals surface area contributed by atoms with Gasteiger partial charge in [0.15, 0.2) is 0 Å². The standard InChI is InChI=1S/C29H30N4O4/c30-14-18-5-1-2-6-22(18)20-15-32(16-20)24-7-3-4-8-26(24)37-21-9-10-23-19(13-21)17-33(29(23)36)25-11-12-27(34)31-28(25)35/h1-2,5-6,9-10,13,20,24-26H,3-4,7-8,11-12,15-17H2,(H,31,34,35)/t24-,25?,26-/m0/s1. The molecule has 1 aliphatic carbocycles. The molecule has 6 rings (SSSR count). The Kier molecular flexibility index (Phi) is 6.17. The average molecular weight is 499 g/mol. The van der Waals surface area contributed by atoms with Crippen LogP contribution in [-0.4, -0.2) is 58.8 Å². The Hall–Kier alpha value is -3.70. The molecule has 2 aromatic rings. The molecule has 0 spiro atoms. The predicted molar refractivity (Wildman–Crippen MR) is 135 cm³/mol. The number of hydrogen-bond acceptors (Lipinski definition) is 6. The highest BCUT2D eigenvalue weighted by Gasteiger charge is 2.41. The number of ether oxygens (including phenoxy) is 1. The van der Waals surface area contributed by atoms with Gasteiger partial charge in [-0.2, -0.15) is 5.26 Å². The summed E-state index contributed by atoms with van der Waals surface area (Å²) in [6.07, 6.45) is 5.05. The topological polar surface area (TPSA) is 103 Å². The summed E-state index contributed by atoms with van der Waals surface area (Å²) >= 11 is 0. The fourth-order valence-electron chi connectivity index (χ4n) is 6.37. The molecule has 3 heterocycles. The SMILES string of the molecule is N#Cc1ccccc1C1CN([C@H]2CCCC[C@@H]2Oc2ccc3c(c2)CN(C2CCC(=O)NC2=O)C3=O)C1. The van der Waals surface area contributed by atoms with Crippen LogP contribution in [-0.2, 0) is 16.1 Å². The molecule has 3 atom stereocenters. The van der Waals surface area contributed by atoms with Crippen LogP contribution in [0.1, 0.15) is 71.5 Å². The van der Waals surface area contributed by atoms with Gasteiger partial charge in [0.05, 0.1) is 11.6 Å². The number of nitrogens with one attached hydrogen (secondary N) is 1. The van der Waals surface area contributed by atoms with Crippen molar-refractivity contribution < 1.29 is 19.1 Å². The van der Waals surface area contributed by atoms with E-state index in [1.54, 1.807) is 11.0 Å². The van der Waals surface area contributed by atoms with E-state index in [0.29, 0.717) is 30.5 Å². The summed E-state index contributed by atoms with van der Waals surface area (Å²) in [4.78, 5) is 40.9. The minimum absolute atomic E-state index is 0.0716. The fourth-order valence-corrected chi connectivity index (χ4v) is 6.37. The van der Waals surface area contributed by atoms with E-state index in [2.05, 4.69) is 22.4 Å². The smallest absolute Gasteiger partial charge is 0.255 e. The van der Waals surface area contributed by atoms with E-state index in [-0.39, 0.29) is 24.3 Å². The second-order valence-electron chi connectivity index (χ2n) is 10.6. The number of likely N-dealkylation sites (tertiary alicyclic amines) is 1. The highest BCUT2D eigenvalue weighted by atomic mass is 16.5. The number of hydrogen-bond donors (Lipinski definition) is 1. The maximum Gasteiger partial charge on any atom is 0.255 e. The molecular weight excluding hydrogens is 468 g/mol. The summed E-state index contributed by atoms with van der Waals surface area (Å²) < 4.78 is 6.54. The van der Waals surface area contributed by atoms with Crippen LogP contribution in [0.5, 0.6) is 5.75 Å². The third-order valence-electron chi connectivity index (χ3n) is 8.35. The van der Waals surface area contributed by atoms with Gasteiger partial charge in [-0.05, 0) is 61.1 Å². The normalized spacial score (nSPS) is 26.3. The molecule has 8 nitrogen and oxygen atoms in total. The molecule has 4 aliphatic rings. The van der Waals surface area contributed by atoms with Crippen molar-refractivity contribution in [3.63, 3.8) is 0 Å². The van der Waals surface area contributed by atoms with Gasteiger partial charge in [0.1, 0.15) is 17.9 Å². The van der Waals surface area contributed by atoms with Crippen molar-refractivity contribution in [3.05, 3.63) is 64.7 Å². The van der Waals surface area contributed by atoms with Crippen molar-refractivity contribution in [3.8, 4) is 11.8 Å². The predicted octanol–water partition coefficient (Wildman–Crippen LogP) is 3.11. The second-order valence-corrected chi connectivity index (χ2v) is 10.6. The molecule has 1 saturated carbocycles. The van der Waals surface area contributed by atoms with Gasteiger partial charge in [0.25, 0.3) is 5.91 Å². The first kappa shape index (κ1) is 23.7. The van der Waals surface area contributed by atoms with Crippen molar-refractivity contribution in [2.24, 2.45) is 0 Å². The summed E-state index contributed by atoms with van der Waals surface area (Å²) in [7, 11) is 0. The summed E-state index contributed by atoms with van der Waals surface area (Å²) in [5.41, 5.74) is 3.36. The Morgan fingerprint density at radius 3 is 2.62 bits per heavy atom. The minimum Gasteiger partial charge on any atom is -0.489 e. The number of benzene rings is 2. The lowest BCUT2D eigenvalue weighted by molar-refractivity contribution is -0.136. The van der Waals surface area contributed by atoms with Crippen molar-refractivity contribution in [1.29, 1.82) is 5.26 Å². The number of carbonyl (C=O) groups excluding carboxylic acids is 3. The maximum absolute atomic E-state index is 13.0. The third kappa shape index (κ3) is 4.38. The van der Waals surface area contributed by atoms with Crippen molar-refractivity contribution in [1.82, 2.24) is 15.1 Å². The first-order valence-corrected chi connectivity index (χ1v) is 13.2. The van der Waals surface area contributed by atoms with Crippen molar-refractivity contribution in [2.45, 2.75) is 69.2 Å². The van der Waals surface area contributed by atoms with E-state index in [1.165, 1.54) is 6.42 Å². The number of amides is 3. The van der Waals surface area contributed by atoms with Crippen LogP contribution >= 0.6 is 0 Å². The van der Waals surface area contributed by atoms with Gasteiger partial charge in [0, 0.05) is 43.6 Å². The molecule has 8 heteroatoms. The Bertz CT molecular complexity index is 1300. The Morgan fingerprint density at radius 2 is 1.81 bits per heavy atom. The van der Waals surface area contributed by atoms with E-state index < -0.39 is 11.9 Å².